The molecule has 0 fully saturated rings. The second kappa shape index (κ2) is 7.03. The van der Waals surface area contributed by atoms with E-state index in [1.807, 2.05) is 32.0 Å². The molecule has 1 aromatic carbocycles. The number of halogens is 3. The summed E-state index contributed by atoms with van der Waals surface area (Å²) in [5, 5.41) is 0. The van der Waals surface area contributed by atoms with Crippen LogP contribution in [0.2, 0.25) is 0 Å². The quantitative estimate of drug-likeness (QED) is 0.823. The summed E-state index contributed by atoms with van der Waals surface area (Å²) in [6, 6.07) is 6.48. The molecule has 1 aromatic heterocycles. The van der Waals surface area contributed by atoms with Gasteiger partial charge in [0.15, 0.2) is 0 Å². The van der Waals surface area contributed by atoms with Gasteiger partial charge in [0.2, 0.25) is 0 Å². The minimum Gasteiger partial charge on any atom is -0.311 e. The summed E-state index contributed by atoms with van der Waals surface area (Å²) in [5.41, 5.74) is 1.09. The molecule has 24 heavy (non-hydrogen) atoms. The minimum atomic E-state index is -4.60. The zero-order chi connectivity index (χ0) is 17.9. The number of carbonyl (C=O) groups is 1. The molecule has 0 atom stereocenters. The van der Waals surface area contributed by atoms with Crippen molar-refractivity contribution in [2.45, 2.75) is 32.9 Å². The topological polar surface area (TPSA) is 33.2 Å². The van der Waals surface area contributed by atoms with Gasteiger partial charge in [0.25, 0.3) is 5.91 Å². The normalized spacial score (nSPS) is 11.4. The average Bonchev–Trinajstić information content (AvgIpc) is 2.58. The number of hydrogen-bond donors (Lipinski definition) is 0. The number of carbonyl (C=O) groups excluding carboxylic acids is 1. The number of para-hydroxylation sites is 1. The predicted octanol–water partition coefficient (Wildman–Crippen LogP) is 4.50. The van der Waals surface area contributed by atoms with Crippen LogP contribution in [0.15, 0.2) is 36.7 Å². The van der Waals surface area contributed by atoms with E-state index in [0.29, 0.717) is 18.5 Å². The smallest absolute Gasteiger partial charge is 0.311 e. The third-order valence-electron chi connectivity index (χ3n) is 3.96. The number of pyridine rings is 1. The van der Waals surface area contributed by atoms with E-state index >= 15 is 0 Å². The summed E-state index contributed by atoms with van der Waals surface area (Å²) >= 11 is 0. The summed E-state index contributed by atoms with van der Waals surface area (Å²) in [5.74, 6) is -0.717. The van der Waals surface area contributed by atoms with Crippen molar-refractivity contribution in [2.24, 2.45) is 0 Å². The van der Waals surface area contributed by atoms with E-state index in [0.717, 1.165) is 29.6 Å². The van der Waals surface area contributed by atoms with Crippen molar-refractivity contribution in [3.63, 3.8) is 0 Å². The molecule has 0 aliphatic carbocycles. The molecule has 3 nitrogen and oxygen atoms in total. The van der Waals surface area contributed by atoms with Gasteiger partial charge in [-0.05, 0) is 30.0 Å². The molecular formula is C18H19F3N2O. The van der Waals surface area contributed by atoms with Crippen LogP contribution in [0.5, 0.6) is 0 Å². The van der Waals surface area contributed by atoms with Gasteiger partial charge in [-0.2, -0.15) is 13.2 Å². The fourth-order valence-corrected chi connectivity index (χ4v) is 2.74. The first-order valence-corrected chi connectivity index (χ1v) is 7.71. The van der Waals surface area contributed by atoms with Gasteiger partial charge in [-0.15, -0.1) is 0 Å². The molecule has 1 amide bonds. The Kier molecular flexibility index (Phi) is 5.26. The summed E-state index contributed by atoms with van der Waals surface area (Å²) in [6.45, 7) is 3.89. The van der Waals surface area contributed by atoms with Gasteiger partial charge in [-0.1, -0.05) is 32.0 Å². The van der Waals surface area contributed by atoms with Crippen molar-refractivity contribution >= 4 is 11.6 Å². The predicted molar refractivity (Wildman–Crippen MR) is 87.2 cm³/mol. The fraction of sp³-hybridized carbons (Fsp3) is 0.333. The third kappa shape index (κ3) is 3.42. The number of amides is 1. The molecule has 128 valence electrons. The van der Waals surface area contributed by atoms with Gasteiger partial charge >= 0.3 is 6.18 Å². The second-order valence-electron chi connectivity index (χ2n) is 5.42. The lowest BCUT2D eigenvalue weighted by atomic mass is 10.0. The number of rotatable bonds is 4. The maximum atomic E-state index is 13.2. The zero-order valence-corrected chi connectivity index (χ0v) is 13.8. The lowest BCUT2D eigenvalue weighted by Gasteiger charge is -2.24. The highest BCUT2D eigenvalue weighted by molar-refractivity contribution is 6.07. The number of anilines is 1. The molecule has 2 aromatic rings. The molecule has 0 aliphatic rings. The molecule has 1 heterocycles. The van der Waals surface area contributed by atoms with Crippen molar-refractivity contribution in [3.8, 4) is 0 Å². The molecule has 0 bridgehead atoms. The van der Waals surface area contributed by atoms with Gasteiger partial charge < -0.3 is 4.90 Å². The van der Waals surface area contributed by atoms with E-state index in [4.69, 9.17) is 0 Å². The van der Waals surface area contributed by atoms with Crippen LogP contribution in [0.4, 0.5) is 18.9 Å². The van der Waals surface area contributed by atoms with E-state index in [2.05, 4.69) is 4.98 Å². The number of alkyl halides is 3. The van der Waals surface area contributed by atoms with Crippen LogP contribution in [0.1, 0.15) is 40.9 Å². The van der Waals surface area contributed by atoms with E-state index < -0.39 is 23.2 Å². The molecule has 0 unspecified atom stereocenters. The van der Waals surface area contributed by atoms with Crippen molar-refractivity contribution in [2.75, 3.05) is 11.9 Å². The highest BCUT2D eigenvalue weighted by atomic mass is 19.4. The van der Waals surface area contributed by atoms with Gasteiger partial charge in [0.05, 0.1) is 11.1 Å². The molecule has 0 aliphatic heterocycles. The number of hydrogen-bond acceptors (Lipinski definition) is 2. The van der Waals surface area contributed by atoms with Crippen molar-refractivity contribution < 1.29 is 18.0 Å². The monoisotopic (exact) mass is 336 g/mol. The third-order valence-corrected chi connectivity index (χ3v) is 3.96. The van der Waals surface area contributed by atoms with Crippen molar-refractivity contribution in [3.05, 3.63) is 58.9 Å². The maximum absolute atomic E-state index is 13.2. The number of benzene rings is 1. The standard InChI is InChI=1S/C18H19F3N2O/c1-4-12-7-6-8-13(5-2)16(12)23(3)17(24)14-11-22-10-9-15(14)18(19,20)21/h6-11H,4-5H2,1-3H3. The first-order chi connectivity index (χ1) is 11.3. The summed E-state index contributed by atoms with van der Waals surface area (Å²) in [6.07, 6.45) is -1.23. The summed E-state index contributed by atoms with van der Waals surface area (Å²) < 4.78 is 39.5. The van der Waals surface area contributed by atoms with Crippen LogP contribution in [0, 0.1) is 0 Å². The SMILES string of the molecule is CCc1cccc(CC)c1N(C)C(=O)c1cnccc1C(F)(F)F. The van der Waals surface area contributed by atoms with Crippen LogP contribution >= 0.6 is 0 Å². The summed E-state index contributed by atoms with van der Waals surface area (Å²) in [7, 11) is 1.50. The van der Waals surface area contributed by atoms with Crippen molar-refractivity contribution in [1.29, 1.82) is 0 Å². The van der Waals surface area contributed by atoms with Crippen LogP contribution in [0.25, 0.3) is 0 Å². The molecule has 0 radical (unpaired) electrons. The lowest BCUT2D eigenvalue weighted by Crippen LogP contribution is -2.30. The Morgan fingerprint density at radius 1 is 1.12 bits per heavy atom. The molecule has 2 rings (SSSR count). The van der Waals surface area contributed by atoms with Gasteiger partial charge in [-0.3, -0.25) is 9.78 Å². The van der Waals surface area contributed by atoms with E-state index in [-0.39, 0.29) is 0 Å². The number of aromatic nitrogens is 1. The van der Waals surface area contributed by atoms with E-state index in [1.54, 1.807) is 0 Å². The number of aryl methyl sites for hydroxylation is 2. The Morgan fingerprint density at radius 3 is 2.21 bits per heavy atom. The van der Waals surface area contributed by atoms with Crippen LogP contribution in [0.3, 0.4) is 0 Å². The highest BCUT2D eigenvalue weighted by Gasteiger charge is 2.36. The van der Waals surface area contributed by atoms with Gasteiger partial charge in [-0.25, -0.2) is 0 Å². The Hall–Kier alpha value is -2.37. The molecule has 0 N–H and O–H groups in total. The zero-order valence-electron chi connectivity index (χ0n) is 13.8. The number of nitrogens with zero attached hydrogens (tertiary/aromatic N) is 2. The summed E-state index contributed by atoms with van der Waals surface area (Å²) in [4.78, 5) is 17.7. The Bertz CT molecular complexity index is 719. The maximum Gasteiger partial charge on any atom is 0.417 e. The molecule has 0 saturated carbocycles. The largest absolute Gasteiger partial charge is 0.417 e. The lowest BCUT2D eigenvalue weighted by molar-refractivity contribution is -0.138. The molecule has 6 heteroatoms. The Morgan fingerprint density at radius 2 is 1.71 bits per heavy atom. The fourth-order valence-electron chi connectivity index (χ4n) is 2.74. The van der Waals surface area contributed by atoms with Crippen LogP contribution in [-0.4, -0.2) is 17.9 Å². The van der Waals surface area contributed by atoms with E-state index in [9.17, 15) is 18.0 Å². The van der Waals surface area contributed by atoms with Crippen molar-refractivity contribution in [1.82, 2.24) is 4.98 Å². The minimum absolute atomic E-state index is 0.444. The molecular weight excluding hydrogens is 317 g/mol. The van der Waals surface area contributed by atoms with E-state index in [1.165, 1.54) is 11.9 Å². The average molecular weight is 336 g/mol. The van der Waals surface area contributed by atoms with Gasteiger partial charge in [0.1, 0.15) is 0 Å². The second-order valence-corrected chi connectivity index (χ2v) is 5.42. The first-order valence-electron chi connectivity index (χ1n) is 7.71. The molecule has 0 spiro atoms. The first kappa shape index (κ1) is 18.0. The van der Waals surface area contributed by atoms with Gasteiger partial charge in [0, 0.05) is 25.1 Å². The van der Waals surface area contributed by atoms with Crippen LogP contribution < -0.4 is 4.90 Å². The Balaban J connectivity index is 2.53. The molecule has 0 saturated heterocycles. The van der Waals surface area contributed by atoms with Crippen LogP contribution in [-0.2, 0) is 19.0 Å². The highest BCUT2D eigenvalue weighted by Crippen LogP contribution is 2.33. The Labute approximate surface area is 139 Å².